The van der Waals surface area contributed by atoms with Crippen LogP contribution < -0.4 is 0 Å². The molecule has 18 heavy (non-hydrogen) atoms. The first kappa shape index (κ1) is 12.7. The molecule has 1 saturated heterocycles. The Labute approximate surface area is 107 Å². The minimum atomic E-state index is -0.170. The highest BCUT2D eigenvalue weighted by molar-refractivity contribution is 5.79. The Morgan fingerprint density at radius 2 is 1.72 bits per heavy atom. The number of nitrogens with zero attached hydrogens (tertiary/aromatic N) is 1. The van der Waals surface area contributed by atoms with Crippen molar-refractivity contribution in [2.75, 3.05) is 13.1 Å². The minimum Gasteiger partial charge on any atom is -0.504 e. The van der Waals surface area contributed by atoms with Gasteiger partial charge in [-0.3, -0.25) is 4.79 Å². The fourth-order valence-electron chi connectivity index (χ4n) is 2.29. The fraction of sp³-hybridized carbons (Fsp3) is 0.500. The SMILES string of the molecule is O=C(Cc1ccc(O)c(O)c1)N1CCCCCC1. The lowest BCUT2D eigenvalue weighted by molar-refractivity contribution is -0.130. The molecule has 1 heterocycles. The lowest BCUT2D eigenvalue weighted by Crippen LogP contribution is -2.33. The number of carbonyl (C=O) groups is 1. The topological polar surface area (TPSA) is 60.8 Å². The molecule has 0 spiro atoms. The van der Waals surface area contributed by atoms with Crippen molar-refractivity contribution in [2.45, 2.75) is 32.1 Å². The molecule has 0 aromatic heterocycles. The van der Waals surface area contributed by atoms with Crippen LogP contribution in [0.4, 0.5) is 0 Å². The summed E-state index contributed by atoms with van der Waals surface area (Å²) >= 11 is 0. The summed E-state index contributed by atoms with van der Waals surface area (Å²) in [4.78, 5) is 14.0. The Kier molecular flexibility index (Phi) is 4.07. The molecule has 98 valence electrons. The molecular weight excluding hydrogens is 230 g/mol. The molecule has 2 N–H and O–H groups in total. The van der Waals surface area contributed by atoms with Crippen LogP contribution in [0.1, 0.15) is 31.2 Å². The van der Waals surface area contributed by atoms with Gasteiger partial charge in [0.1, 0.15) is 0 Å². The Hall–Kier alpha value is -1.71. The third-order valence-electron chi connectivity index (χ3n) is 3.35. The van der Waals surface area contributed by atoms with Crippen LogP contribution in [0.3, 0.4) is 0 Å². The molecule has 4 heteroatoms. The van der Waals surface area contributed by atoms with Crippen molar-refractivity contribution in [1.29, 1.82) is 0 Å². The zero-order valence-corrected chi connectivity index (χ0v) is 10.4. The second kappa shape index (κ2) is 5.76. The van der Waals surface area contributed by atoms with Crippen molar-refractivity contribution < 1.29 is 15.0 Å². The lowest BCUT2D eigenvalue weighted by Gasteiger charge is -2.20. The zero-order valence-electron chi connectivity index (χ0n) is 10.4. The highest BCUT2D eigenvalue weighted by Crippen LogP contribution is 2.25. The molecule has 1 aromatic carbocycles. The van der Waals surface area contributed by atoms with Gasteiger partial charge < -0.3 is 15.1 Å². The summed E-state index contributed by atoms with van der Waals surface area (Å²) in [5.41, 5.74) is 0.736. The van der Waals surface area contributed by atoms with Crippen LogP contribution in [0.5, 0.6) is 11.5 Å². The summed E-state index contributed by atoms with van der Waals surface area (Å²) in [6.45, 7) is 1.67. The molecule has 1 aromatic rings. The molecule has 2 rings (SSSR count). The highest BCUT2D eigenvalue weighted by atomic mass is 16.3. The van der Waals surface area contributed by atoms with Crippen molar-refractivity contribution in [1.82, 2.24) is 4.90 Å². The van der Waals surface area contributed by atoms with Gasteiger partial charge in [-0.05, 0) is 30.5 Å². The Balaban J connectivity index is 1.99. The Bertz CT molecular complexity index is 423. The van der Waals surface area contributed by atoms with E-state index >= 15 is 0 Å². The average Bonchev–Trinajstić information content (AvgIpc) is 2.62. The highest BCUT2D eigenvalue weighted by Gasteiger charge is 2.16. The quantitative estimate of drug-likeness (QED) is 0.788. The summed E-state index contributed by atoms with van der Waals surface area (Å²) in [7, 11) is 0. The number of phenols is 2. The number of carbonyl (C=O) groups excluding carboxylic acids is 1. The number of likely N-dealkylation sites (tertiary alicyclic amines) is 1. The summed E-state index contributed by atoms with van der Waals surface area (Å²) in [6.07, 6.45) is 4.83. The van der Waals surface area contributed by atoms with E-state index in [0.29, 0.717) is 0 Å². The average molecular weight is 249 g/mol. The van der Waals surface area contributed by atoms with Crippen LogP contribution in [0.15, 0.2) is 18.2 Å². The summed E-state index contributed by atoms with van der Waals surface area (Å²) in [5.74, 6) is -0.223. The molecular formula is C14H19NO3. The van der Waals surface area contributed by atoms with E-state index in [2.05, 4.69) is 0 Å². The maximum Gasteiger partial charge on any atom is 0.226 e. The third-order valence-corrected chi connectivity index (χ3v) is 3.35. The van der Waals surface area contributed by atoms with E-state index in [0.717, 1.165) is 31.5 Å². The first-order chi connectivity index (χ1) is 8.66. The number of rotatable bonds is 2. The summed E-state index contributed by atoms with van der Waals surface area (Å²) in [6, 6.07) is 4.54. The largest absolute Gasteiger partial charge is 0.504 e. The van der Waals surface area contributed by atoms with Crippen LogP contribution in [-0.2, 0) is 11.2 Å². The van der Waals surface area contributed by atoms with E-state index in [9.17, 15) is 15.0 Å². The predicted molar refractivity (Wildman–Crippen MR) is 68.5 cm³/mol. The third kappa shape index (κ3) is 3.15. The van der Waals surface area contributed by atoms with Gasteiger partial charge in [0.2, 0.25) is 5.91 Å². The summed E-state index contributed by atoms with van der Waals surface area (Å²) in [5, 5.41) is 18.6. The number of amides is 1. The van der Waals surface area contributed by atoms with Crippen molar-refractivity contribution in [3.8, 4) is 11.5 Å². The van der Waals surface area contributed by atoms with Gasteiger partial charge in [-0.1, -0.05) is 18.9 Å². The maximum atomic E-state index is 12.1. The zero-order chi connectivity index (χ0) is 13.0. The summed E-state index contributed by atoms with van der Waals surface area (Å²) < 4.78 is 0. The van der Waals surface area contributed by atoms with Gasteiger partial charge >= 0.3 is 0 Å². The van der Waals surface area contributed by atoms with E-state index in [1.165, 1.54) is 25.0 Å². The fourth-order valence-corrected chi connectivity index (χ4v) is 2.29. The van der Waals surface area contributed by atoms with Gasteiger partial charge in [0.25, 0.3) is 0 Å². The smallest absolute Gasteiger partial charge is 0.226 e. The molecule has 0 saturated carbocycles. The van der Waals surface area contributed by atoms with Crippen molar-refractivity contribution in [2.24, 2.45) is 0 Å². The van der Waals surface area contributed by atoms with Crippen LogP contribution in [-0.4, -0.2) is 34.1 Å². The van der Waals surface area contributed by atoms with Gasteiger partial charge in [-0.25, -0.2) is 0 Å². The standard InChI is InChI=1S/C14H19NO3/c16-12-6-5-11(9-13(12)17)10-14(18)15-7-3-1-2-4-8-15/h5-6,9,16-17H,1-4,7-8,10H2. The first-order valence-corrected chi connectivity index (χ1v) is 6.45. The van der Waals surface area contributed by atoms with Gasteiger partial charge in [-0.2, -0.15) is 0 Å². The molecule has 1 fully saturated rings. The van der Waals surface area contributed by atoms with Crippen molar-refractivity contribution >= 4 is 5.91 Å². The monoisotopic (exact) mass is 249 g/mol. The molecule has 4 nitrogen and oxygen atoms in total. The lowest BCUT2D eigenvalue weighted by atomic mass is 10.1. The Morgan fingerprint density at radius 1 is 1.06 bits per heavy atom. The number of aromatic hydroxyl groups is 2. The molecule has 0 aliphatic carbocycles. The van der Waals surface area contributed by atoms with E-state index in [1.54, 1.807) is 6.07 Å². The van der Waals surface area contributed by atoms with Crippen LogP contribution in [0.2, 0.25) is 0 Å². The number of hydrogen-bond acceptors (Lipinski definition) is 3. The molecule has 0 atom stereocenters. The van der Waals surface area contributed by atoms with E-state index in [4.69, 9.17) is 0 Å². The second-order valence-electron chi connectivity index (χ2n) is 4.79. The minimum absolute atomic E-state index is 0.0991. The number of hydrogen-bond donors (Lipinski definition) is 2. The van der Waals surface area contributed by atoms with Crippen molar-refractivity contribution in [3.63, 3.8) is 0 Å². The Morgan fingerprint density at radius 3 is 2.33 bits per heavy atom. The second-order valence-corrected chi connectivity index (χ2v) is 4.79. The molecule has 0 unspecified atom stereocenters. The van der Waals surface area contributed by atoms with E-state index in [-0.39, 0.29) is 23.8 Å². The number of benzene rings is 1. The van der Waals surface area contributed by atoms with Gasteiger partial charge in [0, 0.05) is 13.1 Å². The molecule has 0 bridgehead atoms. The van der Waals surface area contributed by atoms with Crippen LogP contribution in [0, 0.1) is 0 Å². The van der Waals surface area contributed by atoms with Gasteiger partial charge in [-0.15, -0.1) is 0 Å². The molecule has 1 aliphatic rings. The van der Waals surface area contributed by atoms with E-state index < -0.39 is 0 Å². The molecule has 1 aliphatic heterocycles. The van der Waals surface area contributed by atoms with Crippen molar-refractivity contribution in [3.05, 3.63) is 23.8 Å². The van der Waals surface area contributed by atoms with E-state index in [1.807, 2.05) is 4.90 Å². The maximum absolute atomic E-state index is 12.1. The normalized spacial score (nSPS) is 16.3. The van der Waals surface area contributed by atoms with Crippen LogP contribution in [0.25, 0.3) is 0 Å². The predicted octanol–water partition coefficient (Wildman–Crippen LogP) is 2.04. The van der Waals surface area contributed by atoms with Crippen LogP contribution >= 0.6 is 0 Å². The van der Waals surface area contributed by atoms with Gasteiger partial charge in [0.05, 0.1) is 6.42 Å². The first-order valence-electron chi connectivity index (χ1n) is 6.45. The molecule has 0 radical (unpaired) electrons. The molecule has 1 amide bonds. The van der Waals surface area contributed by atoms with Gasteiger partial charge in [0.15, 0.2) is 11.5 Å². The number of phenolic OH excluding ortho intramolecular Hbond substituents is 2.